The van der Waals surface area contributed by atoms with Crippen molar-refractivity contribution in [3.8, 4) is 0 Å². The lowest BCUT2D eigenvalue weighted by Crippen LogP contribution is -2.50. The summed E-state index contributed by atoms with van der Waals surface area (Å²) in [5, 5.41) is 2.76. The van der Waals surface area contributed by atoms with E-state index < -0.39 is 17.6 Å². The van der Waals surface area contributed by atoms with Crippen LogP contribution in [0.5, 0.6) is 0 Å². The van der Waals surface area contributed by atoms with E-state index in [1.807, 2.05) is 25.1 Å². The Morgan fingerprint density at radius 1 is 1.15 bits per heavy atom. The van der Waals surface area contributed by atoms with Crippen molar-refractivity contribution in [2.24, 2.45) is 0 Å². The Bertz CT molecular complexity index is 686. The first-order valence-electron chi connectivity index (χ1n) is 9.72. The van der Waals surface area contributed by atoms with Gasteiger partial charge in [-0.2, -0.15) is 0 Å². The Balaban J connectivity index is 1.59. The van der Waals surface area contributed by atoms with Gasteiger partial charge in [-0.25, -0.2) is 0 Å². The van der Waals surface area contributed by atoms with Gasteiger partial charge in [0.05, 0.1) is 13.2 Å². The second-order valence-electron chi connectivity index (χ2n) is 7.03. The molecule has 0 aromatic heterocycles. The molecule has 2 fully saturated rings. The molecule has 0 saturated carbocycles. The minimum absolute atomic E-state index is 0.464. The fourth-order valence-electron chi connectivity index (χ4n) is 3.73. The highest BCUT2D eigenvalue weighted by atomic mass is 16.7. The first-order chi connectivity index (χ1) is 13.0. The number of amides is 2. The molecule has 148 valence electrons. The Hall–Kier alpha value is -2.12. The summed E-state index contributed by atoms with van der Waals surface area (Å²) in [5.41, 5.74) is 2.71. The molecule has 2 amide bonds. The fourth-order valence-corrected chi connectivity index (χ4v) is 3.73. The van der Waals surface area contributed by atoms with E-state index in [2.05, 4.69) is 24.1 Å². The highest BCUT2D eigenvalue weighted by Gasteiger charge is 2.41. The quantitative estimate of drug-likeness (QED) is 0.817. The van der Waals surface area contributed by atoms with Crippen LogP contribution in [0, 0.1) is 6.92 Å². The summed E-state index contributed by atoms with van der Waals surface area (Å²) in [6.07, 6.45) is 1.20. The lowest BCUT2D eigenvalue weighted by molar-refractivity contribution is -0.187. The number of nitrogens with one attached hydrogen (secondary N) is 1. The predicted molar refractivity (Wildman–Crippen MR) is 104 cm³/mol. The minimum Gasteiger partial charge on any atom is -0.372 e. The Kier molecular flexibility index (Phi) is 6.01. The van der Waals surface area contributed by atoms with Gasteiger partial charge in [0.15, 0.2) is 5.79 Å². The molecule has 2 heterocycles. The molecule has 0 unspecified atom stereocenters. The van der Waals surface area contributed by atoms with Crippen LogP contribution in [-0.2, 0) is 19.1 Å². The summed E-state index contributed by atoms with van der Waals surface area (Å²) in [7, 11) is 0. The maximum absolute atomic E-state index is 12.5. The molecule has 1 N–H and O–H groups in total. The average molecular weight is 375 g/mol. The third kappa shape index (κ3) is 4.25. The van der Waals surface area contributed by atoms with Gasteiger partial charge >= 0.3 is 11.8 Å². The van der Waals surface area contributed by atoms with Gasteiger partial charge in [-0.3, -0.25) is 9.59 Å². The molecule has 1 aromatic rings. The van der Waals surface area contributed by atoms with E-state index in [-0.39, 0.29) is 0 Å². The summed E-state index contributed by atoms with van der Waals surface area (Å²) in [5.74, 6) is -1.66. The zero-order valence-electron chi connectivity index (χ0n) is 16.4. The summed E-state index contributed by atoms with van der Waals surface area (Å²) in [4.78, 5) is 28.8. The van der Waals surface area contributed by atoms with Crippen LogP contribution in [0.25, 0.3) is 0 Å². The number of likely N-dealkylation sites (tertiary alicyclic amines) is 1. The molecule has 1 spiro atoms. The maximum atomic E-state index is 12.5. The fraction of sp³-hybridized carbons (Fsp3) is 0.600. The van der Waals surface area contributed by atoms with Crippen LogP contribution in [0.15, 0.2) is 18.2 Å². The van der Waals surface area contributed by atoms with E-state index in [1.165, 1.54) is 0 Å². The third-order valence-corrected chi connectivity index (χ3v) is 5.41. The highest BCUT2D eigenvalue weighted by molar-refractivity contribution is 6.39. The molecule has 7 heteroatoms. The van der Waals surface area contributed by atoms with Crippen LogP contribution in [-0.4, -0.2) is 61.9 Å². The minimum atomic E-state index is -0.599. The van der Waals surface area contributed by atoms with Crippen molar-refractivity contribution in [2.45, 2.75) is 39.4 Å². The number of hydrogen-bond acceptors (Lipinski definition) is 5. The van der Waals surface area contributed by atoms with Crippen LogP contribution >= 0.6 is 0 Å². The van der Waals surface area contributed by atoms with Crippen molar-refractivity contribution in [3.05, 3.63) is 23.8 Å². The average Bonchev–Trinajstić information content (AvgIpc) is 3.13. The van der Waals surface area contributed by atoms with Gasteiger partial charge in [-0.15, -0.1) is 0 Å². The van der Waals surface area contributed by atoms with E-state index >= 15 is 0 Å². The molecule has 27 heavy (non-hydrogen) atoms. The van der Waals surface area contributed by atoms with Gasteiger partial charge in [0.2, 0.25) is 0 Å². The second-order valence-corrected chi connectivity index (χ2v) is 7.03. The number of ether oxygens (including phenoxy) is 2. The monoisotopic (exact) mass is 375 g/mol. The number of benzene rings is 1. The van der Waals surface area contributed by atoms with Crippen LogP contribution < -0.4 is 10.2 Å². The molecule has 0 aliphatic carbocycles. The van der Waals surface area contributed by atoms with E-state index in [0.29, 0.717) is 44.8 Å². The molecule has 3 rings (SSSR count). The molecule has 0 radical (unpaired) electrons. The standard InChI is InChI=1S/C20H29N3O4/c1-4-22(5-2)16-6-7-17(15(3)14-16)21-18(24)19(25)23-10-8-20(9-11-23)26-12-13-27-20/h6-7,14H,4-5,8-13H2,1-3H3,(H,21,24). The number of piperidine rings is 1. The highest BCUT2D eigenvalue weighted by Crippen LogP contribution is 2.31. The number of carbonyl (C=O) groups is 2. The van der Waals surface area contributed by atoms with Crippen molar-refractivity contribution in [2.75, 3.05) is 49.6 Å². The number of rotatable bonds is 4. The van der Waals surface area contributed by atoms with Gasteiger partial charge in [0, 0.05) is 50.4 Å². The number of aryl methyl sites for hydroxylation is 1. The van der Waals surface area contributed by atoms with Crippen LogP contribution in [0.2, 0.25) is 0 Å². The molecule has 2 aliphatic heterocycles. The number of carbonyl (C=O) groups excluding carboxylic acids is 2. The second kappa shape index (κ2) is 8.27. The van der Waals surface area contributed by atoms with E-state index in [0.717, 1.165) is 24.3 Å². The molecule has 0 atom stereocenters. The molecule has 2 aliphatic rings. The van der Waals surface area contributed by atoms with Crippen LogP contribution in [0.3, 0.4) is 0 Å². The normalized spacial score (nSPS) is 18.6. The lowest BCUT2D eigenvalue weighted by Gasteiger charge is -2.37. The molecular formula is C20H29N3O4. The van der Waals surface area contributed by atoms with Crippen molar-refractivity contribution >= 4 is 23.2 Å². The van der Waals surface area contributed by atoms with Crippen molar-refractivity contribution in [1.29, 1.82) is 0 Å². The van der Waals surface area contributed by atoms with Crippen LogP contribution in [0.4, 0.5) is 11.4 Å². The van der Waals surface area contributed by atoms with Crippen molar-refractivity contribution < 1.29 is 19.1 Å². The van der Waals surface area contributed by atoms with E-state index in [9.17, 15) is 9.59 Å². The van der Waals surface area contributed by atoms with Gasteiger partial charge in [-0.05, 0) is 44.5 Å². The number of hydrogen-bond donors (Lipinski definition) is 1. The van der Waals surface area contributed by atoms with Gasteiger partial charge in [0.1, 0.15) is 0 Å². The topological polar surface area (TPSA) is 71.1 Å². The van der Waals surface area contributed by atoms with Crippen LogP contribution in [0.1, 0.15) is 32.3 Å². The number of anilines is 2. The molecule has 2 saturated heterocycles. The SMILES string of the molecule is CCN(CC)c1ccc(NC(=O)C(=O)N2CCC3(CC2)OCCO3)c(C)c1. The molecular weight excluding hydrogens is 346 g/mol. The predicted octanol–water partition coefficient (Wildman–Crippen LogP) is 2.15. The summed E-state index contributed by atoms with van der Waals surface area (Å²) in [6, 6.07) is 5.87. The summed E-state index contributed by atoms with van der Waals surface area (Å²) in [6.45, 7) is 10.1. The third-order valence-electron chi connectivity index (χ3n) is 5.41. The summed E-state index contributed by atoms with van der Waals surface area (Å²) >= 11 is 0. The molecule has 7 nitrogen and oxygen atoms in total. The van der Waals surface area contributed by atoms with Crippen molar-refractivity contribution in [1.82, 2.24) is 4.90 Å². The van der Waals surface area contributed by atoms with Crippen molar-refractivity contribution in [3.63, 3.8) is 0 Å². The Morgan fingerprint density at radius 3 is 2.33 bits per heavy atom. The van der Waals surface area contributed by atoms with Gasteiger partial charge in [-0.1, -0.05) is 0 Å². The van der Waals surface area contributed by atoms with E-state index in [4.69, 9.17) is 9.47 Å². The van der Waals surface area contributed by atoms with E-state index in [1.54, 1.807) is 4.90 Å². The van der Waals surface area contributed by atoms with Gasteiger partial charge < -0.3 is 24.6 Å². The molecule has 1 aromatic carbocycles. The largest absolute Gasteiger partial charge is 0.372 e. The first-order valence-corrected chi connectivity index (χ1v) is 9.72. The van der Waals surface area contributed by atoms with Gasteiger partial charge in [0.25, 0.3) is 0 Å². The first kappa shape index (κ1) is 19.6. The smallest absolute Gasteiger partial charge is 0.313 e. The lowest BCUT2D eigenvalue weighted by atomic mass is 10.0. The maximum Gasteiger partial charge on any atom is 0.313 e. The zero-order valence-corrected chi connectivity index (χ0v) is 16.4. The number of nitrogens with zero attached hydrogens (tertiary/aromatic N) is 2. The Labute approximate surface area is 160 Å². The summed E-state index contributed by atoms with van der Waals surface area (Å²) < 4.78 is 11.3. The zero-order chi connectivity index (χ0) is 19.4. The molecule has 0 bridgehead atoms. The Morgan fingerprint density at radius 2 is 1.78 bits per heavy atom.